The van der Waals surface area contributed by atoms with E-state index in [0.717, 1.165) is 10.8 Å². The van der Waals surface area contributed by atoms with Gasteiger partial charge in [0.05, 0.1) is 14.1 Å². The molecule has 10 heteroatoms. The van der Waals surface area contributed by atoms with Gasteiger partial charge >= 0.3 is 0 Å². The third kappa shape index (κ3) is 3.56. The monoisotopic (exact) mass is 376 g/mol. The first-order valence-electron chi connectivity index (χ1n) is 8.34. The predicted octanol–water partition coefficient (Wildman–Crippen LogP) is -1.98. The number of benzene rings is 2. The second-order valence-corrected chi connectivity index (χ2v) is 6.19. The van der Waals surface area contributed by atoms with Crippen LogP contribution < -0.4 is 19.6 Å². The average molecular weight is 376 g/mol. The van der Waals surface area contributed by atoms with Crippen molar-refractivity contribution in [2.75, 3.05) is 0 Å². The standard InChI is InChI=1S/C18H16N8O2/c1-23-11-25(9-19-23)21-17(27)15-5-3-14-8-16(6-4-13(14)7-15)18(28)22-26-10-20-24(2)12-26/h3-12H,1-2H3. The van der Waals surface area contributed by atoms with E-state index in [4.69, 9.17) is 0 Å². The van der Waals surface area contributed by atoms with Crippen LogP contribution in [0.3, 0.4) is 0 Å². The van der Waals surface area contributed by atoms with Crippen molar-refractivity contribution in [2.45, 2.75) is 0 Å². The fourth-order valence-electron chi connectivity index (χ4n) is 2.67. The summed E-state index contributed by atoms with van der Waals surface area (Å²) in [4.78, 5) is 0. The molecule has 0 unspecified atom stereocenters. The number of aryl methyl sites for hydroxylation is 2. The molecule has 0 N–H and O–H groups in total. The highest BCUT2D eigenvalue weighted by Crippen LogP contribution is 2.18. The summed E-state index contributed by atoms with van der Waals surface area (Å²) in [6.07, 6.45) is 6.06. The summed E-state index contributed by atoms with van der Waals surface area (Å²) >= 11 is 0. The number of hydrogen-bond acceptors (Lipinski definition) is 6. The van der Waals surface area contributed by atoms with Crippen LogP contribution in [-0.4, -0.2) is 31.4 Å². The van der Waals surface area contributed by atoms with Crippen molar-refractivity contribution in [3.63, 3.8) is 0 Å². The zero-order chi connectivity index (χ0) is 19.7. The quantitative estimate of drug-likeness (QED) is 0.233. The van der Waals surface area contributed by atoms with Crippen molar-refractivity contribution in [1.82, 2.24) is 19.6 Å². The highest BCUT2D eigenvalue weighted by Gasteiger charge is 2.04. The molecule has 0 amide bonds. The lowest BCUT2D eigenvalue weighted by Gasteiger charge is -2.12. The Bertz CT molecular complexity index is 1130. The summed E-state index contributed by atoms with van der Waals surface area (Å²) in [5, 5.41) is 42.2. The number of hydrogen-bond donors (Lipinski definition) is 0. The van der Waals surface area contributed by atoms with E-state index >= 15 is 0 Å². The molecule has 0 bridgehead atoms. The number of rotatable bonds is 4. The van der Waals surface area contributed by atoms with Gasteiger partial charge in [0.15, 0.2) is 0 Å². The van der Waals surface area contributed by atoms with Gasteiger partial charge in [0.2, 0.25) is 12.7 Å². The number of nitrogens with zero attached hydrogens (tertiary/aromatic N) is 8. The van der Waals surface area contributed by atoms with Gasteiger partial charge in [0, 0.05) is 22.0 Å². The van der Waals surface area contributed by atoms with E-state index in [0.29, 0.717) is 11.1 Å². The summed E-state index contributed by atoms with van der Waals surface area (Å²) in [6, 6.07) is 10.4. The van der Waals surface area contributed by atoms with Crippen molar-refractivity contribution in [3.8, 4) is 0 Å². The van der Waals surface area contributed by atoms with E-state index in [1.54, 1.807) is 72.5 Å². The molecule has 4 rings (SSSR count). The normalized spacial score (nSPS) is 12.6. The Morgan fingerprint density at radius 1 is 0.786 bits per heavy atom. The van der Waals surface area contributed by atoms with Gasteiger partial charge in [-0.2, -0.15) is 0 Å². The molecule has 2 aromatic heterocycles. The highest BCUT2D eigenvalue weighted by atomic mass is 16.3. The molecule has 0 spiro atoms. The lowest BCUT2D eigenvalue weighted by atomic mass is 10.0. The van der Waals surface area contributed by atoms with E-state index in [1.165, 1.54) is 22.0 Å². The van der Waals surface area contributed by atoms with E-state index in [2.05, 4.69) is 20.4 Å². The molecule has 0 saturated carbocycles. The van der Waals surface area contributed by atoms with E-state index in [1.807, 2.05) is 0 Å². The van der Waals surface area contributed by atoms with Gasteiger partial charge in [-0.15, -0.1) is 28.9 Å². The first kappa shape index (κ1) is 17.3. The Labute approximate surface area is 159 Å². The van der Waals surface area contributed by atoms with Crippen LogP contribution in [0, 0.1) is 0 Å². The number of aromatic nitrogens is 6. The molecule has 0 atom stereocenters. The topological polar surface area (TPSA) is 114 Å². The van der Waals surface area contributed by atoms with E-state index < -0.39 is 0 Å². The molecule has 0 aliphatic rings. The fraction of sp³-hybridized carbons (Fsp3) is 0.111. The Kier molecular flexibility index (Phi) is 4.28. The van der Waals surface area contributed by atoms with Crippen molar-refractivity contribution in [1.29, 1.82) is 0 Å². The van der Waals surface area contributed by atoms with Gasteiger partial charge in [0.25, 0.3) is 12.7 Å². The minimum absolute atomic E-state index is 0.386. The summed E-state index contributed by atoms with van der Waals surface area (Å²) in [6.45, 7) is 0. The third-order valence-electron chi connectivity index (χ3n) is 4.02. The molecular weight excluding hydrogens is 360 g/mol. The van der Waals surface area contributed by atoms with Gasteiger partial charge < -0.3 is 10.2 Å². The van der Waals surface area contributed by atoms with E-state index in [-0.39, 0.29) is 11.8 Å². The van der Waals surface area contributed by atoms with Crippen LogP contribution in [0.15, 0.2) is 71.9 Å². The molecule has 0 saturated heterocycles. The maximum Gasteiger partial charge on any atom is 0.288 e. The zero-order valence-electron chi connectivity index (χ0n) is 15.2. The Morgan fingerprint density at radius 3 is 1.57 bits per heavy atom. The summed E-state index contributed by atoms with van der Waals surface area (Å²) in [7, 11) is 3.48. The second kappa shape index (κ2) is 6.91. The maximum absolute atomic E-state index is 12.3. The summed E-state index contributed by atoms with van der Waals surface area (Å²) in [5.74, 6) is -0.772. The lowest BCUT2D eigenvalue weighted by Crippen LogP contribution is -2.32. The van der Waals surface area contributed by atoms with Crippen molar-refractivity contribution in [2.24, 2.45) is 24.3 Å². The van der Waals surface area contributed by atoms with Crippen molar-refractivity contribution >= 4 is 22.6 Å². The minimum atomic E-state index is -0.386. The number of fused-ring (bicyclic) bond motifs is 1. The molecule has 2 heterocycles. The van der Waals surface area contributed by atoms with Crippen LogP contribution >= 0.6 is 0 Å². The molecule has 10 nitrogen and oxygen atoms in total. The molecule has 2 aromatic carbocycles. The molecule has 0 fully saturated rings. The Balaban J connectivity index is 1.64. The van der Waals surface area contributed by atoms with Gasteiger partial charge in [0.1, 0.15) is 0 Å². The fourth-order valence-corrected chi connectivity index (χ4v) is 2.67. The molecule has 0 radical (unpaired) electrons. The molecule has 4 aromatic rings. The molecule has 0 aliphatic carbocycles. The lowest BCUT2D eigenvalue weighted by molar-refractivity contribution is -0.682. The van der Waals surface area contributed by atoms with Crippen LogP contribution in [0.5, 0.6) is 0 Å². The van der Waals surface area contributed by atoms with Crippen LogP contribution in [0.25, 0.3) is 10.8 Å². The van der Waals surface area contributed by atoms with E-state index in [9.17, 15) is 10.2 Å². The maximum atomic E-state index is 12.3. The van der Waals surface area contributed by atoms with Gasteiger partial charge in [-0.1, -0.05) is 24.3 Å². The molecular formula is C18H16N8O2. The van der Waals surface area contributed by atoms with Crippen LogP contribution in [0.4, 0.5) is 0 Å². The molecule has 28 heavy (non-hydrogen) atoms. The van der Waals surface area contributed by atoms with Crippen LogP contribution in [-0.2, 0) is 14.1 Å². The second-order valence-electron chi connectivity index (χ2n) is 6.19. The zero-order valence-corrected chi connectivity index (χ0v) is 15.2. The third-order valence-corrected chi connectivity index (χ3v) is 4.02. The Morgan fingerprint density at radius 2 is 1.21 bits per heavy atom. The first-order valence-corrected chi connectivity index (χ1v) is 8.34. The molecule has 0 aliphatic heterocycles. The SMILES string of the molecule is Cn1c[n+](/N=C(\[O-])c2ccc3cc(/C([O-])=N/[n+]4cnn(C)c4)ccc3c2)cn1. The Hall–Kier alpha value is -4.08. The van der Waals surface area contributed by atoms with Crippen molar-refractivity contribution < 1.29 is 19.6 Å². The summed E-state index contributed by atoms with van der Waals surface area (Å²) in [5.41, 5.74) is 0.886. The van der Waals surface area contributed by atoms with Crippen LogP contribution in [0.2, 0.25) is 0 Å². The van der Waals surface area contributed by atoms with Crippen molar-refractivity contribution in [3.05, 3.63) is 72.8 Å². The highest BCUT2D eigenvalue weighted by molar-refractivity contribution is 5.99. The largest absolute Gasteiger partial charge is 0.856 e. The average Bonchev–Trinajstić information content (AvgIpc) is 3.28. The van der Waals surface area contributed by atoms with Gasteiger partial charge in [-0.3, -0.25) is 0 Å². The molecule has 140 valence electrons. The smallest absolute Gasteiger partial charge is 0.288 e. The predicted molar refractivity (Wildman–Crippen MR) is 94.6 cm³/mol. The van der Waals surface area contributed by atoms with Crippen LogP contribution in [0.1, 0.15) is 11.1 Å². The summed E-state index contributed by atoms with van der Waals surface area (Å²) < 4.78 is 5.80. The van der Waals surface area contributed by atoms with Gasteiger partial charge in [-0.05, 0) is 34.0 Å². The van der Waals surface area contributed by atoms with Gasteiger partial charge in [-0.25, -0.2) is 0 Å². The minimum Gasteiger partial charge on any atom is -0.856 e. The first-order chi connectivity index (χ1) is 13.5.